The lowest BCUT2D eigenvalue weighted by molar-refractivity contribution is 0.0714. The van der Waals surface area contributed by atoms with Crippen LogP contribution in [0.2, 0.25) is 0 Å². The maximum Gasteiger partial charge on any atom is 0.289 e. The number of carbonyl (C=O) groups excluding carboxylic acids is 1. The first kappa shape index (κ1) is 18.4. The number of hydrogen-bond acceptors (Lipinski definition) is 6. The normalized spacial score (nSPS) is 14.4. The predicted octanol–water partition coefficient (Wildman–Crippen LogP) is 2.93. The lowest BCUT2D eigenvalue weighted by Gasteiger charge is -2.35. The highest BCUT2D eigenvalue weighted by Crippen LogP contribution is 2.27. The van der Waals surface area contributed by atoms with Gasteiger partial charge in [0, 0.05) is 32.6 Å². The zero-order valence-corrected chi connectivity index (χ0v) is 16.7. The van der Waals surface area contributed by atoms with E-state index in [0.717, 1.165) is 34.8 Å². The largest absolute Gasteiger partial charge is 0.459 e. The van der Waals surface area contributed by atoms with Crippen molar-refractivity contribution in [3.05, 3.63) is 66.5 Å². The lowest BCUT2D eigenvalue weighted by atomic mass is 10.2. The van der Waals surface area contributed by atoms with Crippen molar-refractivity contribution in [2.75, 3.05) is 31.1 Å². The number of fused-ring (bicyclic) bond motifs is 1. The molecule has 8 heteroatoms. The van der Waals surface area contributed by atoms with E-state index in [1.165, 1.54) is 6.26 Å². The van der Waals surface area contributed by atoms with Gasteiger partial charge in [0.15, 0.2) is 11.4 Å². The maximum atomic E-state index is 12.6. The smallest absolute Gasteiger partial charge is 0.289 e. The number of nitrogens with zero attached hydrogens (tertiary/aromatic N) is 6. The van der Waals surface area contributed by atoms with E-state index in [1.807, 2.05) is 53.0 Å². The topological polar surface area (TPSA) is 80.3 Å². The standard InChI is InChI=1S/C22H22N6O2/c1-2-19-24-20(17-15-23-28(21(17)25-19)16-7-4-3-5-8-16)26-10-12-27(13-11-26)22(29)18-9-6-14-30-18/h3-9,14-15H,2,10-13H2,1H3. The third kappa shape index (κ3) is 3.20. The summed E-state index contributed by atoms with van der Waals surface area (Å²) in [6.45, 7) is 4.66. The highest BCUT2D eigenvalue weighted by molar-refractivity contribution is 5.92. The minimum absolute atomic E-state index is 0.0707. The first-order valence-electron chi connectivity index (χ1n) is 10.1. The van der Waals surface area contributed by atoms with Gasteiger partial charge in [-0.05, 0) is 24.3 Å². The Hall–Kier alpha value is -3.68. The van der Waals surface area contributed by atoms with E-state index in [-0.39, 0.29) is 5.91 Å². The number of aryl methyl sites for hydroxylation is 1. The summed E-state index contributed by atoms with van der Waals surface area (Å²) in [5.74, 6) is 1.97. The second-order valence-corrected chi connectivity index (χ2v) is 7.20. The van der Waals surface area contributed by atoms with E-state index in [1.54, 1.807) is 12.1 Å². The van der Waals surface area contributed by atoms with Gasteiger partial charge in [0.1, 0.15) is 11.6 Å². The van der Waals surface area contributed by atoms with Gasteiger partial charge in [-0.3, -0.25) is 4.79 Å². The Morgan fingerprint density at radius 2 is 1.83 bits per heavy atom. The first-order chi connectivity index (χ1) is 14.7. The zero-order chi connectivity index (χ0) is 20.5. The predicted molar refractivity (Wildman–Crippen MR) is 113 cm³/mol. The monoisotopic (exact) mass is 402 g/mol. The summed E-state index contributed by atoms with van der Waals surface area (Å²) in [6.07, 6.45) is 4.09. The molecule has 0 N–H and O–H groups in total. The number of aromatic nitrogens is 4. The van der Waals surface area contributed by atoms with E-state index in [9.17, 15) is 4.79 Å². The molecule has 1 amide bonds. The molecule has 3 aromatic heterocycles. The third-order valence-corrected chi connectivity index (χ3v) is 5.37. The molecule has 0 atom stereocenters. The van der Waals surface area contributed by atoms with Crippen LogP contribution in [-0.4, -0.2) is 56.7 Å². The number of furan rings is 1. The Bertz CT molecular complexity index is 1160. The van der Waals surface area contributed by atoms with E-state index < -0.39 is 0 Å². The van der Waals surface area contributed by atoms with E-state index >= 15 is 0 Å². The van der Waals surface area contributed by atoms with Crippen LogP contribution in [-0.2, 0) is 6.42 Å². The van der Waals surface area contributed by atoms with Crippen molar-refractivity contribution in [1.82, 2.24) is 24.6 Å². The summed E-state index contributed by atoms with van der Waals surface area (Å²) in [4.78, 5) is 26.1. The van der Waals surface area contributed by atoms with Gasteiger partial charge in [-0.25, -0.2) is 14.6 Å². The fourth-order valence-electron chi connectivity index (χ4n) is 3.77. The number of piperazine rings is 1. The number of rotatable bonds is 4. The molecule has 1 fully saturated rings. The molecule has 152 valence electrons. The molecule has 4 heterocycles. The molecule has 0 saturated carbocycles. The molecular weight excluding hydrogens is 380 g/mol. The molecule has 0 aliphatic carbocycles. The molecule has 5 rings (SSSR count). The number of amides is 1. The zero-order valence-electron chi connectivity index (χ0n) is 16.7. The van der Waals surface area contributed by atoms with Crippen LogP contribution in [0.4, 0.5) is 5.82 Å². The molecule has 0 bridgehead atoms. The fourth-order valence-corrected chi connectivity index (χ4v) is 3.77. The molecule has 0 unspecified atom stereocenters. The lowest BCUT2D eigenvalue weighted by Crippen LogP contribution is -2.49. The van der Waals surface area contributed by atoms with Crippen LogP contribution in [0.25, 0.3) is 16.7 Å². The summed E-state index contributed by atoms with van der Waals surface area (Å²) in [5.41, 5.74) is 1.77. The Balaban J connectivity index is 1.45. The van der Waals surface area contributed by atoms with Crippen LogP contribution >= 0.6 is 0 Å². The average Bonchev–Trinajstić information content (AvgIpc) is 3.49. The molecule has 4 aromatic rings. The van der Waals surface area contributed by atoms with Gasteiger partial charge in [-0.15, -0.1) is 0 Å². The van der Waals surface area contributed by atoms with Crippen molar-refractivity contribution < 1.29 is 9.21 Å². The number of anilines is 1. The minimum Gasteiger partial charge on any atom is -0.459 e. The van der Waals surface area contributed by atoms with Crippen molar-refractivity contribution in [1.29, 1.82) is 0 Å². The summed E-state index contributed by atoms with van der Waals surface area (Å²) < 4.78 is 7.11. The molecule has 0 spiro atoms. The van der Waals surface area contributed by atoms with E-state index in [2.05, 4.69) is 10.00 Å². The quantitative estimate of drug-likeness (QED) is 0.522. The van der Waals surface area contributed by atoms with Crippen LogP contribution < -0.4 is 4.90 Å². The second kappa shape index (κ2) is 7.62. The number of benzene rings is 1. The highest BCUT2D eigenvalue weighted by Gasteiger charge is 2.26. The molecule has 1 aromatic carbocycles. The molecule has 1 aliphatic heterocycles. The summed E-state index contributed by atoms with van der Waals surface area (Å²) in [6, 6.07) is 13.4. The van der Waals surface area contributed by atoms with Gasteiger partial charge >= 0.3 is 0 Å². The van der Waals surface area contributed by atoms with Crippen LogP contribution in [0.5, 0.6) is 0 Å². The van der Waals surface area contributed by atoms with Crippen molar-refractivity contribution in [3.8, 4) is 5.69 Å². The maximum absolute atomic E-state index is 12.6. The van der Waals surface area contributed by atoms with E-state index in [0.29, 0.717) is 31.9 Å². The molecule has 8 nitrogen and oxygen atoms in total. The molecule has 1 aliphatic rings. The number of carbonyl (C=O) groups is 1. The van der Waals surface area contributed by atoms with Crippen LogP contribution in [0.3, 0.4) is 0 Å². The first-order valence-corrected chi connectivity index (χ1v) is 10.1. The third-order valence-electron chi connectivity index (χ3n) is 5.37. The van der Waals surface area contributed by atoms with Crippen molar-refractivity contribution in [2.45, 2.75) is 13.3 Å². The molecule has 1 saturated heterocycles. The Kier molecular flexibility index (Phi) is 4.66. The number of para-hydroxylation sites is 1. The van der Waals surface area contributed by atoms with Gasteiger partial charge in [0.2, 0.25) is 0 Å². The fraction of sp³-hybridized carbons (Fsp3) is 0.273. The summed E-state index contributed by atoms with van der Waals surface area (Å²) in [7, 11) is 0. The second-order valence-electron chi connectivity index (χ2n) is 7.20. The molecular formula is C22H22N6O2. The number of hydrogen-bond donors (Lipinski definition) is 0. The minimum atomic E-state index is -0.0707. The Labute approximate surface area is 173 Å². The van der Waals surface area contributed by atoms with Crippen LogP contribution in [0.1, 0.15) is 23.3 Å². The SMILES string of the molecule is CCc1nc(N2CCN(C(=O)c3ccco3)CC2)c2cnn(-c3ccccc3)c2n1. The van der Waals surface area contributed by atoms with Gasteiger partial charge in [0.05, 0.1) is 23.5 Å². The van der Waals surface area contributed by atoms with Gasteiger partial charge in [0.25, 0.3) is 5.91 Å². The van der Waals surface area contributed by atoms with Crippen molar-refractivity contribution >= 4 is 22.8 Å². The van der Waals surface area contributed by atoms with Crippen LogP contribution in [0.15, 0.2) is 59.3 Å². The Morgan fingerprint density at radius 1 is 1.03 bits per heavy atom. The van der Waals surface area contributed by atoms with Gasteiger partial charge in [-0.2, -0.15) is 5.10 Å². The Morgan fingerprint density at radius 3 is 2.53 bits per heavy atom. The van der Waals surface area contributed by atoms with E-state index in [4.69, 9.17) is 14.4 Å². The molecule has 30 heavy (non-hydrogen) atoms. The van der Waals surface area contributed by atoms with Gasteiger partial charge in [-0.1, -0.05) is 25.1 Å². The molecule has 0 radical (unpaired) electrons. The highest BCUT2D eigenvalue weighted by atomic mass is 16.3. The van der Waals surface area contributed by atoms with Crippen LogP contribution in [0, 0.1) is 0 Å². The van der Waals surface area contributed by atoms with Gasteiger partial charge < -0.3 is 14.2 Å². The summed E-state index contributed by atoms with van der Waals surface area (Å²) in [5, 5.41) is 5.50. The average molecular weight is 402 g/mol. The summed E-state index contributed by atoms with van der Waals surface area (Å²) >= 11 is 0. The van der Waals surface area contributed by atoms with Crippen molar-refractivity contribution in [3.63, 3.8) is 0 Å². The van der Waals surface area contributed by atoms with Crippen molar-refractivity contribution in [2.24, 2.45) is 0 Å².